The molecule has 0 unspecified atom stereocenters. The van der Waals surface area contributed by atoms with E-state index in [1.807, 2.05) is 46.6 Å². The maximum absolute atomic E-state index is 13.8. The van der Waals surface area contributed by atoms with Gasteiger partial charge in [0.25, 0.3) is 5.91 Å². The molecule has 6 heteroatoms. The van der Waals surface area contributed by atoms with Crippen LogP contribution in [0, 0.1) is 5.82 Å². The van der Waals surface area contributed by atoms with Crippen LogP contribution in [-0.4, -0.2) is 43.5 Å². The van der Waals surface area contributed by atoms with Crippen LogP contribution in [0.5, 0.6) is 0 Å². The summed E-state index contributed by atoms with van der Waals surface area (Å²) in [5, 5.41) is 2.77. The summed E-state index contributed by atoms with van der Waals surface area (Å²) in [6.07, 6.45) is 0. The van der Waals surface area contributed by atoms with Crippen LogP contribution in [0.25, 0.3) is 0 Å². The predicted octanol–water partition coefficient (Wildman–Crippen LogP) is 1.03. The summed E-state index contributed by atoms with van der Waals surface area (Å²) in [6, 6.07) is 14.8. The molecule has 1 atom stereocenters. The second-order valence-electron chi connectivity index (χ2n) is 7.15. The zero-order valence-electron chi connectivity index (χ0n) is 15.6. The van der Waals surface area contributed by atoms with Gasteiger partial charge < -0.3 is 15.1 Å². The van der Waals surface area contributed by atoms with Gasteiger partial charge in [0.1, 0.15) is 18.4 Å². The van der Waals surface area contributed by atoms with Crippen LogP contribution in [-0.2, 0) is 11.3 Å². The molecule has 0 bridgehead atoms. The first-order valence-electron chi connectivity index (χ1n) is 9.47. The van der Waals surface area contributed by atoms with Crippen LogP contribution in [0.15, 0.2) is 48.5 Å². The molecule has 1 heterocycles. The van der Waals surface area contributed by atoms with Crippen molar-refractivity contribution in [3.8, 4) is 0 Å². The number of carbonyl (C=O) groups is 1. The molecule has 3 rings (SSSR count). The Morgan fingerprint density at radius 2 is 1.85 bits per heavy atom. The van der Waals surface area contributed by atoms with Gasteiger partial charge in [0.05, 0.1) is 26.2 Å². The van der Waals surface area contributed by atoms with Crippen molar-refractivity contribution in [3.63, 3.8) is 0 Å². The zero-order chi connectivity index (χ0) is 19.2. The number of rotatable bonds is 6. The second-order valence-corrected chi connectivity index (χ2v) is 7.56. The van der Waals surface area contributed by atoms with Gasteiger partial charge in [0.15, 0.2) is 6.54 Å². The quantitative estimate of drug-likeness (QED) is 0.758. The molecule has 1 aliphatic heterocycles. The van der Waals surface area contributed by atoms with Gasteiger partial charge in [-0.25, -0.2) is 4.39 Å². The van der Waals surface area contributed by atoms with Crippen molar-refractivity contribution in [3.05, 3.63) is 70.5 Å². The molecule has 3 N–H and O–H groups in total. The number of carbonyl (C=O) groups excluding carboxylic acids is 1. The third-order valence-corrected chi connectivity index (χ3v) is 5.61. The smallest absolute Gasteiger partial charge is 0.278 e. The molecular formula is C21H27ClFN3O+2. The van der Waals surface area contributed by atoms with Gasteiger partial charge in [-0.1, -0.05) is 48.0 Å². The van der Waals surface area contributed by atoms with Crippen molar-refractivity contribution < 1.29 is 19.4 Å². The summed E-state index contributed by atoms with van der Waals surface area (Å²) < 4.78 is 13.8. The lowest BCUT2D eigenvalue weighted by Gasteiger charge is -2.32. The summed E-state index contributed by atoms with van der Waals surface area (Å²) in [6.45, 7) is 6.28. The van der Waals surface area contributed by atoms with E-state index in [0.29, 0.717) is 13.1 Å². The first-order valence-corrected chi connectivity index (χ1v) is 9.85. The third kappa shape index (κ3) is 5.28. The number of hydrogen-bond donors (Lipinski definition) is 2. The molecule has 1 aliphatic rings. The Kier molecular flexibility index (Phi) is 6.83. The van der Waals surface area contributed by atoms with E-state index < -0.39 is 0 Å². The molecule has 144 valence electrons. The highest BCUT2D eigenvalue weighted by Crippen LogP contribution is 2.19. The number of amides is 1. The first-order chi connectivity index (χ1) is 13.0. The molecular weight excluding hydrogens is 365 g/mol. The minimum absolute atomic E-state index is 0.135. The SMILES string of the molecule is C[C@H]([NH2+]CC(=O)N1CC[NH+](Cc2ccccc2F)CC1)c1ccccc1Cl. The topological polar surface area (TPSA) is 41.4 Å². The first kappa shape index (κ1) is 19.8. The summed E-state index contributed by atoms with van der Waals surface area (Å²) in [5.74, 6) is 0.00510. The lowest BCUT2D eigenvalue weighted by molar-refractivity contribution is -0.917. The minimum Gasteiger partial charge on any atom is -0.332 e. The zero-order valence-corrected chi connectivity index (χ0v) is 16.4. The number of halogens is 2. The summed E-state index contributed by atoms with van der Waals surface area (Å²) in [5.41, 5.74) is 1.79. The molecule has 4 nitrogen and oxygen atoms in total. The summed E-state index contributed by atoms with van der Waals surface area (Å²) in [4.78, 5) is 15.8. The van der Waals surface area contributed by atoms with E-state index in [1.165, 1.54) is 11.0 Å². The van der Waals surface area contributed by atoms with Crippen molar-refractivity contribution in [2.45, 2.75) is 19.5 Å². The van der Waals surface area contributed by atoms with Gasteiger partial charge in [-0.2, -0.15) is 0 Å². The van der Waals surface area contributed by atoms with Gasteiger partial charge >= 0.3 is 0 Å². The van der Waals surface area contributed by atoms with Crippen LogP contribution in [0.4, 0.5) is 4.39 Å². The van der Waals surface area contributed by atoms with E-state index in [2.05, 4.69) is 6.92 Å². The van der Waals surface area contributed by atoms with Crippen molar-refractivity contribution in [1.82, 2.24) is 4.90 Å². The molecule has 2 aromatic carbocycles. The number of hydrogen-bond acceptors (Lipinski definition) is 1. The number of piperazine rings is 1. The van der Waals surface area contributed by atoms with Crippen molar-refractivity contribution in [2.75, 3.05) is 32.7 Å². The van der Waals surface area contributed by atoms with Crippen LogP contribution in [0.1, 0.15) is 24.1 Å². The van der Waals surface area contributed by atoms with Crippen molar-refractivity contribution in [2.24, 2.45) is 0 Å². The van der Waals surface area contributed by atoms with E-state index in [9.17, 15) is 9.18 Å². The predicted molar refractivity (Wildman–Crippen MR) is 104 cm³/mol. The van der Waals surface area contributed by atoms with Gasteiger partial charge in [-0.3, -0.25) is 4.79 Å². The fourth-order valence-electron chi connectivity index (χ4n) is 3.54. The molecule has 1 fully saturated rings. The van der Waals surface area contributed by atoms with Crippen LogP contribution >= 0.6 is 11.6 Å². The molecule has 0 radical (unpaired) electrons. The standard InChI is InChI=1S/C21H25ClFN3O/c1-16(18-7-3-4-8-19(18)22)24-14-21(27)26-12-10-25(11-13-26)15-17-6-2-5-9-20(17)23/h2-9,16,24H,10-15H2,1H3/p+2/t16-/m0/s1. The minimum atomic E-state index is -0.147. The lowest BCUT2D eigenvalue weighted by atomic mass is 10.1. The van der Waals surface area contributed by atoms with Crippen molar-refractivity contribution >= 4 is 17.5 Å². The molecule has 0 saturated carbocycles. The highest BCUT2D eigenvalue weighted by Gasteiger charge is 2.25. The van der Waals surface area contributed by atoms with Gasteiger partial charge in [-0.15, -0.1) is 0 Å². The van der Waals surface area contributed by atoms with Crippen LogP contribution < -0.4 is 10.2 Å². The molecule has 0 aromatic heterocycles. The largest absolute Gasteiger partial charge is 0.332 e. The summed E-state index contributed by atoms with van der Waals surface area (Å²) >= 11 is 6.23. The Morgan fingerprint density at radius 1 is 1.19 bits per heavy atom. The number of benzene rings is 2. The normalized spacial score (nSPS) is 16.3. The Hall–Kier alpha value is -1.95. The molecule has 2 aromatic rings. The van der Waals surface area contributed by atoms with Gasteiger partial charge in [0, 0.05) is 16.1 Å². The molecule has 27 heavy (non-hydrogen) atoms. The number of quaternary nitrogens is 2. The molecule has 0 aliphatic carbocycles. The highest BCUT2D eigenvalue weighted by molar-refractivity contribution is 6.31. The maximum Gasteiger partial charge on any atom is 0.278 e. The van der Waals surface area contributed by atoms with E-state index in [4.69, 9.17) is 11.6 Å². The monoisotopic (exact) mass is 391 g/mol. The fraction of sp³-hybridized carbons (Fsp3) is 0.381. The van der Waals surface area contributed by atoms with Crippen molar-refractivity contribution in [1.29, 1.82) is 0 Å². The van der Waals surface area contributed by atoms with E-state index in [-0.39, 0.29) is 17.8 Å². The molecule has 1 amide bonds. The van der Waals surface area contributed by atoms with Crippen LogP contribution in [0.3, 0.4) is 0 Å². The average molecular weight is 392 g/mol. The number of nitrogens with two attached hydrogens (primary N) is 1. The lowest BCUT2D eigenvalue weighted by Crippen LogP contribution is -3.13. The maximum atomic E-state index is 13.8. The Morgan fingerprint density at radius 3 is 2.56 bits per heavy atom. The van der Waals surface area contributed by atoms with Gasteiger partial charge in [0.2, 0.25) is 0 Å². The molecule has 0 spiro atoms. The fourth-order valence-corrected chi connectivity index (χ4v) is 3.85. The third-order valence-electron chi connectivity index (χ3n) is 5.26. The number of nitrogens with one attached hydrogen (secondary N) is 1. The van der Waals surface area contributed by atoms with Gasteiger partial charge in [-0.05, 0) is 19.1 Å². The molecule has 1 saturated heterocycles. The Balaban J connectivity index is 1.45. The van der Waals surface area contributed by atoms with E-state index in [0.717, 1.165) is 42.3 Å². The van der Waals surface area contributed by atoms with E-state index >= 15 is 0 Å². The van der Waals surface area contributed by atoms with E-state index in [1.54, 1.807) is 6.07 Å². The number of nitrogens with zero attached hydrogens (tertiary/aromatic N) is 1. The van der Waals surface area contributed by atoms with Crippen LogP contribution in [0.2, 0.25) is 5.02 Å². The second kappa shape index (κ2) is 9.31. The highest BCUT2D eigenvalue weighted by atomic mass is 35.5. The Labute approximate surface area is 164 Å². The summed E-state index contributed by atoms with van der Waals surface area (Å²) in [7, 11) is 0. The Bertz CT molecular complexity index is 778. The average Bonchev–Trinajstić information content (AvgIpc) is 2.68.